The van der Waals surface area contributed by atoms with E-state index in [1.807, 2.05) is 0 Å². The molecule has 0 aliphatic carbocycles. The number of piperazine rings is 1. The summed E-state index contributed by atoms with van der Waals surface area (Å²) in [6.07, 6.45) is 2.74. The van der Waals surface area contributed by atoms with Gasteiger partial charge in [0.15, 0.2) is 0 Å². The summed E-state index contributed by atoms with van der Waals surface area (Å²) in [5, 5.41) is 3.38. The maximum Gasteiger partial charge on any atom is 0.0511 e. The predicted molar refractivity (Wildman–Crippen MR) is 88.3 cm³/mol. The maximum absolute atomic E-state index is 3.76. The van der Waals surface area contributed by atoms with Gasteiger partial charge in [-0.3, -0.25) is 4.90 Å². The Kier molecular flexibility index (Phi) is 4.64. The van der Waals surface area contributed by atoms with Gasteiger partial charge < -0.3 is 10.2 Å². The van der Waals surface area contributed by atoms with E-state index in [-0.39, 0.29) is 0 Å². The molecule has 1 N–H and O–H groups in total. The Morgan fingerprint density at radius 2 is 2.20 bits per heavy atom. The minimum absolute atomic E-state index is 0.775. The molecule has 20 heavy (non-hydrogen) atoms. The summed E-state index contributed by atoms with van der Waals surface area (Å²) in [6, 6.07) is 7.57. The van der Waals surface area contributed by atoms with Crippen LogP contribution < -0.4 is 10.2 Å². The van der Waals surface area contributed by atoms with Crippen LogP contribution in [-0.4, -0.2) is 43.7 Å². The molecule has 0 saturated carbocycles. The molecule has 0 aromatic heterocycles. The molecule has 2 saturated heterocycles. The quantitative estimate of drug-likeness (QED) is 0.911. The van der Waals surface area contributed by atoms with Gasteiger partial charge in [-0.25, -0.2) is 0 Å². The van der Waals surface area contributed by atoms with Gasteiger partial charge >= 0.3 is 0 Å². The van der Waals surface area contributed by atoms with Gasteiger partial charge in [0.05, 0.1) is 5.69 Å². The molecule has 1 aromatic carbocycles. The number of nitrogens with one attached hydrogen (secondary N) is 1. The van der Waals surface area contributed by atoms with Gasteiger partial charge in [0.1, 0.15) is 0 Å². The third-order valence-electron chi connectivity index (χ3n) is 4.52. The first-order valence-corrected chi connectivity index (χ1v) is 8.55. The van der Waals surface area contributed by atoms with Gasteiger partial charge in [-0.15, -0.1) is 0 Å². The second kappa shape index (κ2) is 6.46. The summed E-state index contributed by atoms with van der Waals surface area (Å²) >= 11 is 3.76. The first-order valence-electron chi connectivity index (χ1n) is 7.76. The lowest BCUT2D eigenvalue weighted by Crippen LogP contribution is -2.50. The Balaban J connectivity index is 1.70. The van der Waals surface area contributed by atoms with Crippen LogP contribution in [0.3, 0.4) is 0 Å². The van der Waals surface area contributed by atoms with Crippen molar-refractivity contribution in [1.29, 1.82) is 0 Å². The Morgan fingerprint density at radius 1 is 1.30 bits per heavy atom. The van der Waals surface area contributed by atoms with Crippen molar-refractivity contribution in [2.24, 2.45) is 0 Å². The van der Waals surface area contributed by atoms with Crippen LogP contribution in [0.2, 0.25) is 0 Å². The third kappa shape index (κ3) is 3.02. The second-order valence-electron chi connectivity index (χ2n) is 5.84. The average molecular weight is 338 g/mol. The van der Waals surface area contributed by atoms with Crippen LogP contribution in [0.25, 0.3) is 0 Å². The molecule has 3 nitrogen and oxygen atoms in total. The van der Waals surface area contributed by atoms with Crippen LogP contribution >= 0.6 is 15.9 Å². The molecular weight excluding hydrogens is 314 g/mol. The molecule has 4 heteroatoms. The lowest BCUT2D eigenvalue weighted by Gasteiger charge is -2.39. The number of benzene rings is 1. The van der Waals surface area contributed by atoms with E-state index in [1.54, 1.807) is 0 Å². The zero-order valence-corrected chi connectivity index (χ0v) is 13.8. The number of hydrogen-bond acceptors (Lipinski definition) is 3. The Bertz CT molecular complexity index is 463. The molecule has 110 valence electrons. The zero-order chi connectivity index (χ0) is 13.9. The summed E-state index contributed by atoms with van der Waals surface area (Å²) < 4.78 is 1.24. The standard InChI is InChI=1S/C16H24BrN3/c1-2-18-11-13-5-6-16(15(17)10-13)20-9-8-19-7-3-4-14(19)12-20/h5-6,10,14,18H,2-4,7-9,11-12H2,1H3. The Morgan fingerprint density at radius 3 is 3.00 bits per heavy atom. The number of rotatable bonds is 4. The van der Waals surface area contributed by atoms with Crippen molar-refractivity contribution >= 4 is 21.6 Å². The molecule has 0 radical (unpaired) electrons. The van der Waals surface area contributed by atoms with Crippen molar-refractivity contribution in [3.05, 3.63) is 28.2 Å². The van der Waals surface area contributed by atoms with Crippen LogP contribution in [0.15, 0.2) is 22.7 Å². The Labute approximate surface area is 130 Å². The summed E-state index contributed by atoms with van der Waals surface area (Å²) in [5.74, 6) is 0. The van der Waals surface area contributed by atoms with E-state index in [2.05, 4.69) is 56.2 Å². The number of hydrogen-bond donors (Lipinski definition) is 1. The van der Waals surface area contributed by atoms with Crippen LogP contribution in [0.1, 0.15) is 25.3 Å². The van der Waals surface area contributed by atoms with E-state index in [0.717, 1.165) is 25.7 Å². The summed E-state index contributed by atoms with van der Waals surface area (Å²) in [5.41, 5.74) is 2.71. The largest absolute Gasteiger partial charge is 0.368 e. The number of halogens is 1. The van der Waals surface area contributed by atoms with Crippen LogP contribution in [-0.2, 0) is 6.54 Å². The monoisotopic (exact) mass is 337 g/mol. The second-order valence-corrected chi connectivity index (χ2v) is 6.70. The molecule has 1 aromatic rings. The minimum Gasteiger partial charge on any atom is -0.368 e. The molecule has 2 aliphatic rings. The summed E-state index contributed by atoms with van der Waals surface area (Å²) in [6.45, 7) is 8.98. The third-order valence-corrected chi connectivity index (χ3v) is 5.15. The highest BCUT2D eigenvalue weighted by Gasteiger charge is 2.31. The smallest absolute Gasteiger partial charge is 0.0511 e. The van der Waals surface area contributed by atoms with Crippen molar-refractivity contribution in [2.75, 3.05) is 37.6 Å². The zero-order valence-electron chi connectivity index (χ0n) is 12.2. The predicted octanol–water partition coefficient (Wildman–Crippen LogP) is 2.84. The fourth-order valence-electron chi connectivity index (χ4n) is 3.40. The van der Waals surface area contributed by atoms with Gasteiger partial charge in [0.25, 0.3) is 0 Å². The molecule has 2 heterocycles. The fourth-order valence-corrected chi connectivity index (χ4v) is 4.07. The van der Waals surface area contributed by atoms with E-state index in [4.69, 9.17) is 0 Å². The fraction of sp³-hybridized carbons (Fsp3) is 0.625. The van der Waals surface area contributed by atoms with Crippen molar-refractivity contribution in [3.8, 4) is 0 Å². The van der Waals surface area contributed by atoms with Gasteiger partial charge in [0, 0.05) is 36.7 Å². The molecular formula is C16H24BrN3. The molecule has 0 bridgehead atoms. The van der Waals surface area contributed by atoms with E-state index in [9.17, 15) is 0 Å². The van der Waals surface area contributed by atoms with Crippen molar-refractivity contribution < 1.29 is 0 Å². The molecule has 0 amide bonds. The number of fused-ring (bicyclic) bond motifs is 1. The maximum atomic E-state index is 3.76. The topological polar surface area (TPSA) is 18.5 Å². The SMILES string of the molecule is CCNCc1ccc(N2CCN3CCCC3C2)c(Br)c1. The van der Waals surface area contributed by atoms with Gasteiger partial charge in [-0.05, 0) is 59.6 Å². The highest BCUT2D eigenvalue weighted by Crippen LogP contribution is 2.31. The van der Waals surface area contributed by atoms with E-state index in [0.29, 0.717) is 0 Å². The lowest BCUT2D eigenvalue weighted by molar-refractivity contribution is 0.231. The summed E-state index contributed by atoms with van der Waals surface area (Å²) in [4.78, 5) is 5.21. The Hall–Kier alpha value is -0.580. The van der Waals surface area contributed by atoms with Crippen LogP contribution in [0.4, 0.5) is 5.69 Å². The van der Waals surface area contributed by atoms with E-state index >= 15 is 0 Å². The van der Waals surface area contributed by atoms with E-state index < -0.39 is 0 Å². The molecule has 3 rings (SSSR count). The minimum atomic E-state index is 0.775. The van der Waals surface area contributed by atoms with Crippen molar-refractivity contribution in [3.63, 3.8) is 0 Å². The first-order chi connectivity index (χ1) is 9.78. The first kappa shape index (κ1) is 14.4. The molecule has 1 unspecified atom stereocenters. The number of anilines is 1. The lowest BCUT2D eigenvalue weighted by atomic mass is 10.1. The van der Waals surface area contributed by atoms with Gasteiger partial charge in [0.2, 0.25) is 0 Å². The van der Waals surface area contributed by atoms with Gasteiger partial charge in [-0.2, -0.15) is 0 Å². The normalized spacial score (nSPS) is 23.1. The van der Waals surface area contributed by atoms with Crippen LogP contribution in [0.5, 0.6) is 0 Å². The van der Waals surface area contributed by atoms with Crippen LogP contribution in [0, 0.1) is 0 Å². The summed E-state index contributed by atoms with van der Waals surface area (Å²) in [7, 11) is 0. The van der Waals surface area contributed by atoms with E-state index in [1.165, 1.54) is 48.2 Å². The highest BCUT2D eigenvalue weighted by molar-refractivity contribution is 9.10. The molecule has 0 spiro atoms. The van der Waals surface area contributed by atoms with Crippen molar-refractivity contribution in [1.82, 2.24) is 10.2 Å². The van der Waals surface area contributed by atoms with Gasteiger partial charge in [-0.1, -0.05) is 13.0 Å². The number of nitrogens with zero attached hydrogens (tertiary/aromatic N) is 2. The van der Waals surface area contributed by atoms with Crippen molar-refractivity contribution in [2.45, 2.75) is 32.4 Å². The molecule has 2 aliphatic heterocycles. The highest BCUT2D eigenvalue weighted by atomic mass is 79.9. The average Bonchev–Trinajstić information content (AvgIpc) is 2.92. The molecule has 2 fully saturated rings. The molecule has 1 atom stereocenters.